The van der Waals surface area contributed by atoms with Gasteiger partial charge in [0.15, 0.2) is 0 Å². The first-order valence-corrected chi connectivity index (χ1v) is 10.7. The van der Waals surface area contributed by atoms with Crippen LogP contribution < -0.4 is 9.64 Å². The molecule has 0 saturated carbocycles. The number of nitrogens with zero attached hydrogens (tertiary/aromatic N) is 1. The monoisotopic (exact) mass is 427 g/mol. The molecule has 3 aromatic carbocycles. The molecule has 5 heteroatoms. The molecule has 1 heterocycles. The van der Waals surface area contributed by atoms with Crippen molar-refractivity contribution in [2.75, 3.05) is 4.90 Å². The van der Waals surface area contributed by atoms with Crippen LogP contribution in [-0.2, 0) is 0 Å². The first-order valence-electron chi connectivity index (χ1n) is 10.7. The summed E-state index contributed by atoms with van der Waals surface area (Å²) in [7, 11) is 0. The third-order valence-electron chi connectivity index (χ3n) is 5.65. The highest BCUT2D eigenvalue weighted by atomic mass is 16.5. The van der Waals surface area contributed by atoms with Crippen molar-refractivity contribution < 1.29 is 19.1 Å². The Morgan fingerprint density at radius 1 is 0.750 bits per heavy atom. The molecule has 162 valence electrons. The predicted molar refractivity (Wildman–Crippen MR) is 124 cm³/mol. The normalized spacial score (nSPS) is 13.1. The summed E-state index contributed by atoms with van der Waals surface area (Å²) in [5, 5.41) is 0. The van der Waals surface area contributed by atoms with Crippen molar-refractivity contribution in [1.29, 1.82) is 0 Å². The number of rotatable bonds is 5. The van der Waals surface area contributed by atoms with E-state index in [1.807, 2.05) is 52.0 Å². The lowest BCUT2D eigenvalue weighted by Gasteiger charge is -2.25. The summed E-state index contributed by atoms with van der Waals surface area (Å²) in [6.45, 7) is 8.13. The lowest BCUT2D eigenvalue weighted by atomic mass is 9.92. The van der Waals surface area contributed by atoms with Crippen molar-refractivity contribution in [2.24, 2.45) is 0 Å². The topological polar surface area (TPSA) is 63.7 Å². The minimum absolute atomic E-state index is 0.0836. The van der Waals surface area contributed by atoms with Gasteiger partial charge in [0.25, 0.3) is 11.8 Å². The number of carbonyl (C=O) groups excluding carboxylic acids is 3. The summed E-state index contributed by atoms with van der Waals surface area (Å²) in [5.74, 6) is -1.01. The molecular formula is C27H25NO4. The molecule has 0 unspecified atom stereocenters. The Morgan fingerprint density at radius 3 is 1.94 bits per heavy atom. The van der Waals surface area contributed by atoms with Crippen molar-refractivity contribution in [3.05, 3.63) is 94.5 Å². The molecule has 0 fully saturated rings. The van der Waals surface area contributed by atoms with Crippen LogP contribution in [0, 0.1) is 0 Å². The maximum Gasteiger partial charge on any atom is 0.344 e. The van der Waals surface area contributed by atoms with Gasteiger partial charge in [-0.2, -0.15) is 0 Å². The second-order valence-electron chi connectivity index (χ2n) is 8.47. The van der Waals surface area contributed by atoms with E-state index in [-0.39, 0.29) is 28.5 Å². The van der Waals surface area contributed by atoms with E-state index < -0.39 is 17.8 Å². The summed E-state index contributed by atoms with van der Waals surface area (Å²) in [6, 6.07) is 19.2. The molecule has 5 nitrogen and oxygen atoms in total. The number of amides is 2. The summed E-state index contributed by atoms with van der Waals surface area (Å²) in [5.41, 5.74) is 2.84. The third-order valence-corrected chi connectivity index (χ3v) is 5.65. The van der Waals surface area contributed by atoms with Crippen LogP contribution in [0.2, 0.25) is 0 Å². The van der Waals surface area contributed by atoms with Gasteiger partial charge in [0.2, 0.25) is 0 Å². The molecule has 32 heavy (non-hydrogen) atoms. The van der Waals surface area contributed by atoms with Gasteiger partial charge in [-0.25, -0.2) is 9.69 Å². The zero-order chi connectivity index (χ0) is 23.0. The van der Waals surface area contributed by atoms with Crippen molar-refractivity contribution >= 4 is 23.5 Å². The lowest BCUT2D eigenvalue weighted by Crippen LogP contribution is -2.32. The Kier molecular flexibility index (Phi) is 5.66. The molecule has 1 aliphatic heterocycles. The molecule has 4 rings (SSSR count). The zero-order valence-electron chi connectivity index (χ0n) is 18.6. The van der Waals surface area contributed by atoms with E-state index in [1.54, 1.807) is 36.4 Å². The van der Waals surface area contributed by atoms with E-state index in [2.05, 4.69) is 0 Å². The first kappa shape index (κ1) is 21.5. The van der Waals surface area contributed by atoms with E-state index in [1.165, 1.54) is 11.0 Å². The Hall–Kier alpha value is -3.73. The maximum atomic E-state index is 13.6. The number of imide groups is 1. The molecule has 0 saturated heterocycles. The highest BCUT2D eigenvalue weighted by molar-refractivity contribution is 6.36. The summed E-state index contributed by atoms with van der Waals surface area (Å²) >= 11 is 0. The molecule has 1 aliphatic rings. The molecule has 0 N–H and O–H groups in total. The van der Waals surface area contributed by atoms with Gasteiger partial charge < -0.3 is 4.74 Å². The fourth-order valence-electron chi connectivity index (χ4n) is 4.08. The van der Waals surface area contributed by atoms with Gasteiger partial charge in [0, 0.05) is 0 Å². The molecule has 0 bridgehead atoms. The Labute approximate surface area is 187 Å². The highest BCUT2D eigenvalue weighted by Crippen LogP contribution is 2.40. The molecule has 0 spiro atoms. The van der Waals surface area contributed by atoms with Crippen LogP contribution in [0.4, 0.5) is 5.69 Å². The van der Waals surface area contributed by atoms with Gasteiger partial charge >= 0.3 is 5.97 Å². The minimum atomic E-state index is -0.669. The average Bonchev–Trinajstić information content (AvgIpc) is 3.03. The Balaban J connectivity index is 1.82. The molecule has 3 aromatic rings. The maximum absolute atomic E-state index is 13.6. The number of esters is 1. The van der Waals surface area contributed by atoms with Gasteiger partial charge in [-0.1, -0.05) is 70.2 Å². The van der Waals surface area contributed by atoms with Gasteiger partial charge in [0.05, 0.1) is 22.4 Å². The number of carbonyl (C=O) groups is 3. The smallest absolute Gasteiger partial charge is 0.344 e. The second-order valence-corrected chi connectivity index (χ2v) is 8.47. The molecular weight excluding hydrogens is 402 g/mol. The van der Waals surface area contributed by atoms with E-state index in [9.17, 15) is 14.4 Å². The number of hydrogen-bond acceptors (Lipinski definition) is 4. The van der Waals surface area contributed by atoms with E-state index >= 15 is 0 Å². The van der Waals surface area contributed by atoms with Gasteiger partial charge in [0.1, 0.15) is 5.75 Å². The Bertz CT molecular complexity index is 1190. The van der Waals surface area contributed by atoms with E-state index in [0.717, 1.165) is 11.1 Å². The molecule has 0 atom stereocenters. The summed E-state index contributed by atoms with van der Waals surface area (Å²) in [6.07, 6.45) is 0. The number of benzene rings is 3. The number of anilines is 1. The average molecular weight is 428 g/mol. The fraction of sp³-hybridized carbons (Fsp3) is 0.222. The number of para-hydroxylation sites is 2. The quantitative estimate of drug-likeness (QED) is 0.287. The SMILES string of the molecule is CC(C)c1cccc(C(C)C)c1N1C(=O)c2cccc(C(=O)Oc3ccccc3)c2C1=O. The third kappa shape index (κ3) is 3.60. The summed E-state index contributed by atoms with van der Waals surface area (Å²) < 4.78 is 5.45. The zero-order valence-corrected chi connectivity index (χ0v) is 18.6. The van der Waals surface area contributed by atoms with Crippen molar-refractivity contribution in [1.82, 2.24) is 0 Å². The Morgan fingerprint density at radius 2 is 1.34 bits per heavy atom. The van der Waals surface area contributed by atoms with Crippen LogP contribution in [0.5, 0.6) is 5.75 Å². The van der Waals surface area contributed by atoms with Gasteiger partial charge in [-0.15, -0.1) is 0 Å². The van der Waals surface area contributed by atoms with E-state index in [0.29, 0.717) is 11.4 Å². The van der Waals surface area contributed by atoms with Crippen LogP contribution in [0.25, 0.3) is 0 Å². The number of fused-ring (bicyclic) bond motifs is 1. The van der Waals surface area contributed by atoms with Crippen molar-refractivity contribution in [3.8, 4) is 5.75 Å². The molecule has 2 amide bonds. The second kappa shape index (κ2) is 8.42. The largest absolute Gasteiger partial charge is 0.423 e. The standard InChI is InChI=1S/C27H25NO4/c1-16(2)19-12-8-13-20(17(3)4)24(19)28-25(29)21-14-9-15-22(23(21)26(28)30)27(31)32-18-10-6-5-7-11-18/h5-17H,1-4H3. The number of hydrogen-bond donors (Lipinski definition) is 0. The molecule has 0 aromatic heterocycles. The fourth-order valence-corrected chi connectivity index (χ4v) is 4.08. The van der Waals surface area contributed by atoms with Crippen LogP contribution in [0.1, 0.15) is 81.7 Å². The van der Waals surface area contributed by atoms with Crippen LogP contribution in [0.3, 0.4) is 0 Å². The number of ether oxygens (including phenoxy) is 1. The van der Waals surface area contributed by atoms with Crippen molar-refractivity contribution in [3.63, 3.8) is 0 Å². The lowest BCUT2D eigenvalue weighted by molar-refractivity contribution is 0.0729. The van der Waals surface area contributed by atoms with Crippen LogP contribution >= 0.6 is 0 Å². The summed E-state index contributed by atoms with van der Waals surface area (Å²) in [4.78, 5) is 41.2. The van der Waals surface area contributed by atoms with Crippen molar-refractivity contribution in [2.45, 2.75) is 39.5 Å². The van der Waals surface area contributed by atoms with Gasteiger partial charge in [-0.05, 0) is 47.2 Å². The highest BCUT2D eigenvalue weighted by Gasteiger charge is 2.42. The van der Waals surface area contributed by atoms with Crippen LogP contribution in [0.15, 0.2) is 66.7 Å². The minimum Gasteiger partial charge on any atom is -0.423 e. The molecule has 0 aliphatic carbocycles. The van der Waals surface area contributed by atoms with Crippen LogP contribution in [-0.4, -0.2) is 17.8 Å². The van der Waals surface area contributed by atoms with E-state index in [4.69, 9.17) is 4.74 Å². The first-order chi connectivity index (χ1) is 15.3. The molecule has 0 radical (unpaired) electrons. The predicted octanol–water partition coefficient (Wildman–Crippen LogP) is 5.95. The van der Waals surface area contributed by atoms with Gasteiger partial charge in [-0.3, -0.25) is 9.59 Å².